The summed E-state index contributed by atoms with van der Waals surface area (Å²) in [6.45, 7) is 0. The van der Waals surface area contributed by atoms with Crippen LogP contribution in [0.4, 0.5) is 0 Å². The topological polar surface area (TPSA) is 66.3 Å². The molecule has 294 valence electrons. The molecule has 0 N–H and O–H groups in total. The van der Waals surface area contributed by atoms with Crippen molar-refractivity contribution >= 4 is 65.4 Å². The molecule has 0 fully saturated rings. The number of hydrogen-bond donors (Lipinski definition) is 0. The average molecular weight is 806 g/mol. The SMILES string of the molecule is c1ccc(-c2nc(-c3ccccc3-n3c4ccccc4c4cnccc43)nc(-n3c4ccccc4c4c(-c5cccc6c5c5ccccc5n6-c5ccccc5)cccc43)n2)cc1. The summed E-state index contributed by atoms with van der Waals surface area (Å²) in [5.41, 5.74) is 12.7. The van der Waals surface area contributed by atoms with Crippen LogP contribution in [0.1, 0.15) is 0 Å². The monoisotopic (exact) mass is 805 g/mol. The first kappa shape index (κ1) is 35.1. The van der Waals surface area contributed by atoms with Crippen molar-refractivity contribution in [2.75, 3.05) is 0 Å². The Labute approximate surface area is 361 Å². The molecule has 13 rings (SSSR count). The lowest BCUT2D eigenvalue weighted by Gasteiger charge is -2.15. The van der Waals surface area contributed by atoms with E-state index in [0.717, 1.165) is 77.2 Å². The molecule has 13 aromatic rings. The zero-order valence-corrected chi connectivity index (χ0v) is 33.8. The van der Waals surface area contributed by atoms with E-state index in [1.165, 1.54) is 21.9 Å². The molecule has 5 aromatic heterocycles. The zero-order valence-electron chi connectivity index (χ0n) is 33.8. The summed E-state index contributed by atoms with van der Waals surface area (Å²) in [5.74, 6) is 1.72. The third-order valence-corrected chi connectivity index (χ3v) is 12.4. The average Bonchev–Trinajstić information content (AvgIpc) is 4.00. The van der Waals surface area contributed by atoms with Crippen molar-refractivity contribution in [1.29, 1.82) is 0 Å². The van der Waals surface area contributed by atoms with Crippen LogP contribution < -0.4 is 0 Å². The molecular formula is C56H35N7. The highest BCUT2D eigenvalue weighted by Crippen LogP contribution is 2.44. The van der Waals surface area contributed by atoms with Crippen molar-refractivity contribution in [3.63, 3.8) is 0 Å². The van der Waals surface area contributed by atoms with Gasteiger partial charge in [0.05, 0.1) is 38.8 Å². The van der Waals surface area contributed by atoms with Crippen molar-refractivity contribution < 1.29 is 0 Å². The van der Waals surface area contributed by atoms with Crippen LogP contribution in [-0.2, 0) is 0 Å². The Hall–Kier alpha value is -8.68. The van der Waals surface area contributed by atoms with E-state index in [2.05, 4.69) is 201 Å². The number of benzene rings is 8. The van der Waals surface area contributed by atoms with Gasteiger partial charge in [-0.2, -0.15) is 9.97 Å². The van der Waals surface area contributed by atoms with Crippen molar-refractivity contribution in [2.45, 2.75) is 0 Å². The van der Waals surface area contributed by atoms with E-state index in [9.17, 15) is 0 Å². The molecule has 0 bridgehead atoms. The van der Waals surface area contributed by atoms with Crippen LogP contribution in [0.25, 0.3) is 117 Å². The molecule has 0 radical (unpaired) electrons. The van der Waals surface area contributed by atoms with Gasteiger partial charge in [-0.15, -0.1) is 0 Å². The molecule has 8 aromatic carbocycles. The molecule has 0 aliphatic rings. The number of para-hydroxylation sites is 5. The zero-order chi connectivity index (χ0) is 41.4. The van der Waals surface area contributed by atoms with Crippen molar-refractivity contribution in [2.24, 2.45) is 0 Å². The minimum atomic E-state index is 0.544. The van der Waals surface area contributed by atoms with Crippen molar-refractivity contribution in [3.05, 3.63) is 213 Å². The molecule has 0 atom stereocenters. The first-order valence-corrected chi connectivity index (χ1v) is 21.1. The molecule has 7 heteroatoms. The number of pyridine rings is 1. The van der Waals surface area contributed by atoms with Crippen LogP contribution in [-0.4, -0.2) is 33.6 Å². The normalized spacial score (nSPS) is 11.8. The second-order valence-corrected chi connectivity index (χ2v) is 15.9. The molecule has 63 heavy (non-hydrogen) atoms. The molecule has 7 nitrogen and oxygen atoms in total. The van der Waals surface area contributed by atoms with E-state index in [-0.39, 0.29) is 0 Å². The molecule has 0 saturated heterocycles. The van der Waals surface area contributed by atoms with Crippen LogP contribution >= 0.6 is 0 Å². The van der Waals surface area contributed by atoms with Gasteiger partial charge in [0.2, 0.25) is 5.95 Å². The summed E-state index contributed by atoms with van der Waals surface area (Å²) in [6.07, 6.45) is 3.80. The minimum absolute atomic E-state index is 0.544. The Morgan fingerprint density at radius 3 is 1.54 bits per heavy atom. The number of rotatable bonds is 6. The molecular weight excluding hydrogens is 771 g/mol. The van der Waals surface area contributed by atoms with Crippen LogP contribution in [0.5, 0.6) is 0 Å². The van der Waals surface area contributed by atoms with Gasteiger partial charge >= 0.3 is 0 Å². The third-order valence-electron chi connectivity index (χ3n) is 12.4. The second-order valence-electron chi connectivity index (χ2n) is 15.9. The lowest BCUT2D eigenvalue weighted by Crippen LogP contribution is -2.07. The molecule has 0 saturated carbocycles. The van der Waals surface area contributed by atoms with Gasteiger partial charge in [0.15, 0.2) is 11.6 Å². The maximum Gasteiger partial charge on any atom is 0.238 e. The standard InChI is InChI=1S/C56H35N7/c1-3-17-36(18-4-1)54-58-55(43-24-10-14-30-48(43)62-45-27-11-7-21-38(45)44-35-57-34-33-49(44)62)60-56(59-54)63-47-29-13-9-23-42(47)53-40(26-16-32-51(53)63)39-25-15-31-50-52(39)41-22-8-12-28-46(41)61(50)37-19-5-2-6-20-37/h1-35H. The van der Waals surface area contributed by atoms with E-state index in [0.29, 0.717) is 17.6 Å². The highest BCUT2D eigenvalue weighted by atomic mass is 15.2. The van der Waals surface area contributed by atoms with E-state index >= 15 is 0 Å². The Bertz CT molecular complexity index is 3860. The highest BCUT2D eigenvalue weighted by Gasteiger charge is 2.24. The summed E-state index contributed by atoms with van der Waals surface area (Å²) in [4.78, 5) is 20.5. The Kier molecular flexibility index (Phi) is 7.77. The first-order valence-electron chi connectivity index (χ1n) is 21.1. The minimum Gasteiger partial charge on any atom is -0.309 e. The second kappa shape index (κ2) is 13.9. The number of fused-ring (bicyclic) bond motifs is 9. The lowest BCUT2D eigenvalue weighted by molar-refractivity contribution is 0.951. The van der Waals surface area contributed by atoms with Gasteiger partial charge in [0.25, 0.3) is 0 Å². The highest BCUT2D eigenvalue weighted by molar-refractivity contribution is 6.22. The molecule has 0 amide bonds. The first-order chi connectivity index (χ1) is 31.3. The fourth-order valence-corrected chi connectivity index (χ4v) is 9.79. The number of nitrogens with zero attached hydrogens (tertiary/aromatic N) is 7. The Balaban J connectivity index is 1.08. The fourth-order valence-electron chi connectivity index (χ4n) is 9.79. The van der Waals surface area contributed by atoms with Gasteiger partial charge < -0.3 is 9.13 Å². The molecule has 0 unspecified atom stereocenters. The molecule has 0 aliphatic heterocycles. The fraction of sp³-hybridized carbons (Fsp3) is 0. The van der Waals surface area contributed by atoms with E-state index in [1.54, 1.807) is 0 Å². The smallest absolute Gasteiger partial charge is 0.238 e. The largest absolute Gasteiger partial charge is 0.309 e. The predicted octanol–water partition coefficient (Wildman–Crippen LogP) is 13.6. The van der Waals surface area contributed by atoms with Crippen molar-refractivity contribution in [1.82, 2.24) is 33.6 Å². The van der Waals surface area contributed by atoms with Gasteiger partial charge in [0, 0.05) is 61.5 Å². The summed E-state index contributed by atoms with van der Waals surface area (Å²) >= 11 is 0. The lowest BCUT2D eigenvalue weighted by atomic mass is 9.95. The van der Waals surface area contributed by atoms with Gasteiger partial charge in [-0.3, -0.25) is 9.55 Å². The van der Waals surface area contributed by atoms with Gasteiger partial charge in [0.1, 0.15) is 0 Å². The number of aromatic nitrogens is 7. The van der Waals surface area contributed by atoms with Crippen LogP contribution in [0, 0.1) is 0 Å². The predicted molar refractivity (Wildman–Crippen MR) is 257 cm³/mol. The van der Waals surface area contributed by atoms with E-state index < -0.39 is 0 Å². The summed E-state index contributed by atoms with van der Waals surface area (Å²) in [7, 11) is 0. The molecule has 0 spiro atoms. The third kappa shape index (κ3) is 5.33. The Morgan fingerprint density at radius 2 is 0.825 bits per heavy atom. The summed E-state index contributed by atoms with van der Waals surface area (Å²) in [5, 5.41) is 6.91. The van der Waals surface area contributed by atoms with E-state index in [4.69, 9.17) is 15.0 Å². The van der Waals surface area contributed by atoms with Crippen molar-refractivity contribution in [3.8, 4) is 51.2 Å². The van der Waals surface area contributed by atoms with Crippen LogP contribution in [0.2, 0.25) is 0 Å². The maximum absolute atomic E-state index is 5.44. The summed E-state index contributed by atoms with van der Waals surface area (Å²) in [6, 6.07) is 70.4. The van der Waals surface area contributed by atoms with Crippen LogP contribution in [0.15, 0.2) is 213 Å². The van der Waals surface area contributed by atoms with E-state index in [1.807, 2.05) is 30.6 Å². The van der Waals surface area contributed by atoms with Gasteiger partial charge in [-0.05, 0) is 71.8 Å². The maximum atomic E-state index is 5.44. The quantitative estimate of drug-likeness (QED) is 0.168. The summed E-state index contributed by atoms with van der Waals surface area (Å²) < 4.78 is 6.90. The molecule has 0 aliphatic carbocycles. The molecule has 5 heterocycles. The van der Waals surface area contributed by atoms with Crippen LogP contribution in [0.3, 0.4) is 0 Å². The van der Waals surface area contributed by atoms with Gasteiger partial charge in [-0.25, -0.2) is 4.98 Å². The number of hydrogen-bond acceptors (Lipinski definition) is 4. The Morgan fingerprint density at radius 1 is 0.317 bits per heavy atom. The van der Waals surface area contributed by atoms with Gasteiger partial charge in [-0.1, -0.05) is 140 Å².